The highest BCUT2D eigenvalue weighted by atomic mass is 19.4. The van der Waals surface area contributed by atoms with E-state index < -0.39 is 12.3 Å². The Morgan fingerprint density at radius 3 is 2.57 bits per heavy atom. The molecule has 0 radical (unpaired) electrons. The zero-order chi connectivity index (χ0) is 25.0. The molecule has 4 rings (SSSR count). The van der Waals surface area contributed by atoms with Gasteiger partial charge in [0.2, 0.25) is 0 Å². The highest BCUT2D eigenvalue weighted by Gasteiger charge is 2.31. The van der Waals surface area contributed by atoms with Gasteiger partial charge in [0.15, 0.2) is 0 Å². The number of halogens is 3. The molecule has 2 aliphatic heterocycles. The van der Waals surface area contributed by atoms with Crippen LogP contribution < -0.4 is 14.8 Å². The zero-order valence-corrected chi connectivity index (χ0v) is 19.3. The Balaban J connectivity index is 1.34. The number of hydrogen-bond acceptors (Lipinski definition) is 5. The minimum atomic E-state index is -4.72. The topological polar surface area (TPSA) is 71.0 Å². The van der Waals surface area contributed by atoms with Gasteiger partial charge in [0, 0.05) is 25.3 Å². The second-order valence-corrected chi connectivity index (χ2v) is 8.68. The zero-order valence-electron chi connectivity index (χ0n) is 19.3. The van der Waals surface area contributed by atoms with Gasteiger partial charge < -0.3 is 19.9 Å². The van der Waals surface area contributed by atoms with Crippen LogP contribution in [0.15, 0.2) is 60.2 Å². The lowest BCUT2D eigenvalue weighted by atomic mass is 9.93. The first-order valence-electron chi connectivity index (χ1n) is 11.4. The molecule has 1 atom stereocenters. The quantitative estimate of drug-likeness (QED) is 0.551. The molecule has 35 heavy (non-hydrogen) atoms. The summed E-state index contributed by atoms with van der Waals surface area (Å²) in [5.41, 5.74) is 4.71. The predicted molar refractivity (Wildman–Crippen MR) is 125 cm³/mol. The molecule has 0 aromatic heterocycles. The molecular weight excluding hydrogens is 461 g/mol. The predicted octanol–water partition coefficient (Wildman–Crippen LogP) is 4.89. The molecule has 0 spiro atoms. The van der Waals surface area contributed by atoms with E-state index in [4.69, 9.17) is 9.84 Å². The summed E-state index contributed by atoms with van der Waals surface area (Å²) in [5.74, 6) is -0.372. The molecule has 0 aliphatic carbocycles. The Kier molecular flexibility index (Phi) is 7.35. The van der Waals surface area contributed by atoms with E-state index in [-0.39, 0.29) is 24.8 Å². The van der Waals surface area contributed by atoms with Crippen LogP contribution >= 0.6 is 0 Å². The smallest absolute Gasteiger partial charge is 0.489 e. The average Bonchev–Trinajstić information content (AvgIpc) is 2.81. The molecule has 0 bridgehead atoms. The lowest BCUT2D eigenvalue weighted by Crippen LogP contribution is -2.45. The van der Waals surface area contributed by atoms with E-state index in [1.807, 2.05) is 30.3 Å². The first-order chi connectivity index (χ1) is 16.7. The molecule has 2 aromatic rings. The summed E-state index contributed by atoms with van der Waals surface area (Å²) in [6.45, 7) is 4.12. The van der Waals surface area contributed by atoms with Gasteiger partial charge in [-0.3, -0.25) is 9.69 Å². The summed E-state index contributed by atoms with van der Waals surface area (Å²) < 4.78 is 46.9. The third kappa shape index (κ3) is 6.79. The fourth-order valence-corrected chi connectivity index (χ4v) is 4.25. The molecule has 1 unspecified atom stereocenters. The van der Waals surface area contributed by atoms with Crippen molar-refractivity contribution in [1.82, 2.24) is 10.2 Å². The van der Waals surface area contributed by atoms with Crippen molar-refractivity contribution >= 4 is 11.7 Å². The van der Waals surface area contributed by atoms with Crippen LogP contribution in [0, 0.1) is 6.92 Å². The number of fused-ring (bicyclic) bond motifs is 1. The Labute approximate surface area is 201 Å². The van der Waals surface area contributed by atoms with Crippen LogP contribution in [0.4, 0.5) is 13.2 Å². The number of dihydropyridines is 1. The molecule has 0 amide bonds. The number of aliphatic carboxylic acids is 1. The highest BCUT2D eigenvalue weighted by Crippen LogP contribution is 2.28. The van der Waals surface area contributed by atoms with Crippen LogP contribution in [0.3, 0.4) is 0 Å². The van der Waals surface area contributed by atoms with E-state index in [0.29, 0.717) is 17.9 Å². The molecular formula is C26H27F3N2O4. The van der Waals surface area contributed by atoms with Gasteiger partial charge in [-0.1, -0.05) is 12.1 Å². The van der Waals surface area contributed by atoms with E-state index in [2.05, 4.69) is 21.0 Å². The molecule has 2 N–H and O–H groups in total. The summed E-state index contributed by atoms with van der Waals surface area (Å²) in [7, 11) is 0. The van der Waals surface area contributed by atoms with Crippen LogP contribution in [0.2, 0.25) is 0 Å². The van der Waals surface area contributed by atoms with Crippen molar-refractivity contribution in [1.29, 1.82) is 0 Å². The maximum atomic E-state index is 12.4. The number of carbonyl (C=O) groups is 1. The molecule has 0 saturated carbocycles. The fraction of sp³-hybridized carbons (Fsp3) is 0.346. The van der Waals surface area contributed by atoms with Gasteiger partial charge in [-0.2, -0.15) is 0 Å². The second-order valence-electron chi connectivity index (χ2n) is 8.68. The van der Waals surface area contributed by atoms with Crippen molar-refractivity contribution in [3.05, 3.63) is 76.9 Å². The molecule has 1 saturated heterocycles. The number of aryl methyl sites for hydroxylation is 1. The van der Waals surface area contributed by atoms with Crippen molar-refractivity contribution in [2.24, 2.45) is 0 Å². The third-order valence-electron chi connectivity index (χ3n) is 6.13. The van der Waals surface area contributed by atoms with Crippen molar-refractivity contribution in [3.8, 4) is 11.5 Å². The van der Waals surface area contributed by atoms with Crippen molar-refractivity contribution in [2.45, 2.75) is 38.8 Å². The number of hydrogen-bond donors (Lipinski definition) is 2. The van der Waals surface area contributed by atoms with E-state index >= 15 is 0 Å². The number of carboxylic acid groups (broad SMARTS) is 1. The van der Waals surface area contributed by atoms with Crippen molar-refractivity contribution in [3.63, 3.8) is 0 Å². The number of nitrogens with one attached hydrogen (secondary N) is 1. The standard InChI is InChI=1S/C26H27F3N2O4/c1-17-14-22(35-26(27,28)29)8-4-20(17)16-34-21-6-2-18(3-7-21)23-9-5-19-15-31(13-11-25(32)33)12-10-24(19)30-23/h2-9,14,24,30H,10-13,15-16H2,1H3,(H,32,33). The van der Waals surface area contributed by atoms with Crippen LogP contribution in [-0.4, -0.2) is 48.0 Å². The van der Waals surface area contributed by atoms with Crippen molar-refractivity contribution < 1.29 is 32.5 Å². The van der Waals surface area contributed by atoms with E-state index in [1.54, 1.807) is 13.0 Å². The lowest BCUT2D eigenvalue weighted by Gasteiger charge is -2.37. The summed E-state index contributed by atoms with van der Waals surface area (Å²) >= 11 is 0. The number of benzene rings is 2. The molecule has 6 nitrogen and oxygen atoms in total. The van der Waals surface area contributed by atoms with Gasteiger partial charge in [0.05, 0.1) is 12.5 Å². The second kappa shape index (κ2) is 10.4. The normalized spacial score (nSPS) is 18.1. The van der Waals surface area contributed by atoms with E-state index in [1.165, 1.54) is 17.7 Å². The first-order valence-corrected chi connectivity index (χ1v) is 11.4. The number of rotatable bonds is 8. The third-order valence-corrected chi connectivity index (χ3v) is 6.13. The Bertz CT molecular complexity index is 1130. The number of likely N-dealkylation sites (tertiary alicyclic amines) is 1. The number of ether oxygens (including phenoxy) is 2. The summed E-state index contributed by atoms with van der Waals surface area (Å²) in [6.07, 6.45) is 0.499. The molecule has 2 heterocycles. The Hall–Kier alpha value is -3.46. The fourth-order valence-electron chi connectivity index (χ4n) is 4.25. The first kappa shape index (κ1) is 24.7. The molecule has 9 heteroatoms. The number of alkyl halides is 3. The van der Waals surface area contributed by atoms with E-state index in [0.717, 1.165) is 36.3 Å². The van der Waals surface area contributed by atoms with Crippen LogP contribution in [0.1, 0.15) is 29.5 Å². The highest BCUT2D eigenvalue weighted by molar-refractivity contribution is 5.69. The molecule has 186 valence electrons. The van der Waals surface area contributed by atoms with Crippen LogP contribution in [0.25, 0.3) is 5.70 Å². The van der Waals surface area contributed by atoms with Gasteiger partial charge >= 0.3 is 12.3 Å². The average molecular weight is 489 g/mol. The molecule has 2 aliphatic rings. The Morgan fingerprint density at radius 1 is 1.14 bits per heavy atom. The number of carboxylic acids is 1. The van der Waals surface area contributed by atoms with Crippen molar-refractivity contribution in [2.75, 3.05) is 19.6 Å². The minimum absolute atomic E-state index is 0.151. The van der Waals surface area contributed by atoms with Gasteiger partial charge in [-0.05, 0) is 78.1 Å². The lowest BCUT2D eigenvalue weighted by molar-refractivity contribution is -0.274. The minimum Gasteiger partial charge on any atom is -0.489 e. The van der Waals surface area contributed by atoms with Gasteiger partial charge in [-0.15, -0.1) is 13.2 Å². The van der Waals surface area contributed by atoms with Crippen LogP contribution in [0.5, 0.6) is 11.5 Å². The van der Waals surface area contributed by atoms with Crippen LogP contribution in [-0.2, 0) is 11.4 Å². The maximum Gasteiger partial charge on any atom is 0.573 e. The largest absolute Gasteiger partial charge is 0.573 e. The number of piperidine rings is 1. The maximum absolute atomic E-state index is 12.4. The summed E-state index contributed by atoms with van der Waals surface area (Å²) in [5, 5.41) is 12.5. The molecule has 2 aromatic carbocycles. The molecule has 1 fully saturated rings. The Morgan fingerprint density at radius 2 is 1.89 bits per heavy atom. The van der Waals surface area contributed by atoms with Gasteiger partial charge in [-0.25, -0.2) is 0 Å². The number of allylic oxidation sites excluding steroid dienone is 2. The monoisotopic (exact) mass is 488 g/mol. The SMILES string of the molecule is Cc1cc(OC(F)(F)F)ccc1COc1ccc(C2=CC=C3CN(CCC(=O)O)CCC3N2)cc1. The number of nitrogens with zero attached hydrogens (tertiary/aromatic N) is 1. The summed E-state index contributed by atoms with van der Waals surface area (Å²) in [4.78, 5) is 13.0. The van der Waals surface area contributed by atoms with E-state index in [9.17, 15) is 18.0 Å². The van der Waals surface area contributed by atoms with Gasteiger partial charge in [0.25, 0.3) is 0 Å². The van der Waals surface area contributed by atoms with Gasteiger partial charge in [0.1, 0.15) is 18.1 Å². The summed E-state index contributed by atoms with van der Waals surface area (Å²) in [6, 6.07) is 12.1.